The Bertz CT molecular complexity index is 986. The highest BCUT2D eigenvalue weighted by Crippen LogP contribution is 2.36. The first-order chi connectivity index (χ1) is 13.3. The van der Waals surface area contributed by atoms with E-state index < -0.39 is 23.4 Å². The van der Waals surface area contributed by atoms with Gasteiger partial charge in [0.2, 0.25) is 0 Å². The van der Waals surface area contributed by atoms with Crippen LogP contribution in [-0.4, -0.2) is 48.1 Å². The number of H-pyrrole nitrogens is 1. The molecule has 0 bridgehead atoms. The normalized spacial score (nSPS) is 11.1. The van der Waals surface area contributed by atoms with Gasteiger partial charge in [-0.1, -0.05) is 0 Å². The Morgan fingerprint density at radius 1 is 1.32 bits per heavy atom. The number of fused-ring (bicyclic) bond motifs is 1. The van der Waals surface area contributed by atoms with E-state index in [0.29, 0.717) is 28.6 Å². The number of nitrogens with one attached hydrogen (secondary N) is 3. The number of carbonyl (C=O) groups excluding carboxylic acids is 1. The number of halogens is 3. The molecule has 0 unspecified atom stereocenters. The highest BCUT2D eigenvalue weighted by molar-refractivity contribution is 9.10. The molecular formula is C18H18BrF2N5O2. The lowest BCUT2D eigenvalue weighted by Gasteiger charge is -2.13. The smallest absolute Gasteiger partial charge is 0.319 e. The molecule has 28 heavy (non-hydrogen) atoms. The molecule has 0 saturated heterocycles. The Hall–Kier alpha value is -2.72. The number of rotatable bonds is 6. The SMILES string of the molecule is CN(C)CCNC(=O)Nc1cc(F)c(Oc2ccnc3[nH]cc(Br)c23)c(F)c1. The van der Waals surface area contributed by atoms with E-state index in [1.165, 1.54) is 12.3 Å². The van der Waals surface area contributed by atoms with Gasteiger partial charge in [-0.15, -0.1) is 0 Å². The molecule has 0 radical (unpaired) electrons. The number of hydrogen-bond acceptors (Lipinski definition) is 4. The number of carbonyl (C=O) groups is 1. The lowest BCUT2D eigenvalue weighted by molar-refractivity contribution is 0.250. The number of likely N-dealkylation sites (N-methyl/N-ethyl adjacent to an activating group) is 1. The summed E-state index contributed by atoms with van der Waals surface area (Å²) in [7, 11) is 3.73. The molecule has 0 saturated carbocycles. The van der Waals surface area contributed by atoms with Gasteiger partial charge >= 0.3 is 6.03 Å². The highest BCUT2D eigenvalue weighted by atomic mass is 79.9. The maximum atomic E-state index is 14.5. The second kappa shape index (κ2) is 8.53. The lowest BCUT2D eigenvalue weighted by atomic mass is 10.2. The quantitative estimate of drug-likeness (QED) is 0.525. The molecule has 0 fully saturated rings. The maximum absolute atomic E-state index is 14.5. The van der Waals surface area contributed by atoms with Crippen molar-refractivity contribution in [2.24, 2.45) is 0 Å². The number of pyridine rings is 1. The van der Waals surface area contributed by atoms with Crippen LogP contribution in [0.4, 0.5) is 19.3 Å². The van der Waals surface area contributed by atoms with Crippen LogP contribution in [0.25, 0.3) is 11.0 Å². The number of anilines is 1. The van der Waals surface area contributed by atoms with Crippen LogP contribution in [0.1, 0.15) is 0 Å². The average Bonchev–Trinajstić information content (AvgIpc) is 3.00. The summed E-state index contributed by atoms with van der Waals surface area (Å²) in [5.74, 6) is -2.22. The van der Waals surface area contributed by atoms with Crippen LogP contribution in [0.5, 0.6) is 11.5 Å². The van der Waals surface area contributed by atoms with E-state index in [4.69, 9.17) is 4.74 Å². The van der Waals surface area contributed by atoms with Crippen LogP contribution in [0, 0.1) is 11.6 Å². The topological polar surface area (TPSA) is 82.3 Å². The number of aromatic nitrogens is 2. The number of urea groups is 1. The largest absolute Gasteiger partial charge is 0.450 e. The second-order valence-corrected chi connectivity index (χ2v) is 7.08. The third-order valence-electron chi connectivity index (χ3n) is 3.80. The van der Waals surface area contributed by atoms with Crippen molar-refractivity contribution in [2.75, 3.05) is 32.5 Å². The van der Waals surface area contributed by atoms with Gasteiger partial charge in [-0.3, -0.25) is 0 Å². The summed E-state index contributed by atoms with van der Waals surface area (Å²) in [6.07, 6.45) is 3.11. The maximum Gasteiger partial charge on any atom is 0.319 e. The monoisotopic (exact) mass is 453 g/mol. The van der Waals surface area contributed by atoms with E-state index in [1.54, 1.807) is 6.20 Å². The summed E-state index contributed by atoms with van der Waals surface area (Å²) in [5.41, 5.74) is 0.491. The number of ether oxygens (including phenoxy) is 1. The van der Waals surface area contributed by atoms with Gasteiger partial charge in [-0.05, 0) is 36.1 Å². The minimum Gasteiger partial charge on any atom is -0.450 e. The van der Waals surface area contributed by atoms with E-state index >= 15 is 0 Å². The summed E-state index contributed by atoms with van der Waals surface area (Å²) < 4.78 is 35.0. The van der Waals surface area contributed by atoms with Crippen molar-refractivity contribution in [3.63, 3.8) is 0 Å². The van der Waals surface area contributed by atoms with Crippen LogP contribution in [-0.2, 0) is 0 Å². The molecule has 2 aromatic heterocycles. The molecule has 148 valence electrons. The van der Waals surface area contributed by atoms with Crippen molar-refractivity contribution >= 4 is 38.7 Å². The zero-order chi connectivity index (χ0) is 20.3. The number of amides is 2. The third kappa shape index (κ3) is 4.57. The summed E-state index contributed by atoms with van der Waals surface area (Å²) in [6.45, 7) is 1.03. The first-order valence-electron chi connectivity index (χ1n) is 8.33. The van der Waals surface area contributed by atoms with Crippen LogP contribution in [0.2, 0.25) is 0 Å². The molecule has 0 atom stereocenters. The third-order valence-corrected chi connectivity index (χ3v) is 4.43. The molecule has 3 N–H and O–H groups in total. The molecule has 3 rings (SSSR count). The van der Waals surface area contributed by atoms with Gasteiger partial charge in [0.15, 0.2) is 17.4 Å². The predicted molar refractivity (Wildman–Crippen MR) is 106 cm³/mol. The number of aromatic amines is 1. The Kier molecular flexibility index (Phi) is 6.10. The molecule has 0 spiro atoms. The Morgan fingerprint density at radius 2 is 2.04 bits per heavy atom. The van der Waals surface area contributed by atoms with Crippen LogP contribution in [0.3, 0.4) is 0 Å². The zero-order valence-electron chi connectivity index (χ0n) is 15.1. The molecule has 0 aliphatic carbocycles. The molecule has 0 aliphatic heterocycles. The zero-order valence-corrected chi connectivity index (χ0v) is 16.7. The summed E-state index contributed by atoms with van der Waals surface area (Å²) >= 11 is 3.34. The van der Waals surface area contributed by atoms with E-state index in [1.807, 2.05) is 19.0 Å². The molecule has 3 aromatic rings. The predicted octanol–water partition coefficient (Wildman–Crippen LogP) is 4.08. The second-order valence-electron chi connectivity index (χ2n) is 6.22. The van der Waals surface area contributed by atoms with Crippen LogP contribution >= 0.6 is 15.9 Å². The molecule has 2 heterocycles. The molecule has 1 aromatic carbocycles. The van der Waals surface area contributed by atoms with Crippen molar-refractivity contribution in [3.05, 3.63) is 46.7 Å². The summed E-state index contributed by atoms with van der Waals surface area (Å²) in [4.78, 5) is 20.7. The van der Waals surface area contributed by atoms with Crippen molar-refractivity contribution in [3.8, 4) is 11.5 Å². The Morgan fingerprint density at radius 3 is 2.71 bits per heavy atom. The van der Waals surface area contributed by atoms with Crippen LogP contribution < -0.4 is 15.4 Å². The summed E-state index contributed by atoms with van der Waals surface area (Å²) in [5, 5.41) is 5.55. The average molecular weight is 454 g/mol. The van der Waals surface area contributed by atoms with E-state index in [0.717, 1.165) is 12.1 Å². The Balaban J connectivity index is 1.77. The number of benzene rings is 1. The number of nitrogens with zero attached hydrogens (tertiary/aromatic N) is 2. The van der Waals surface area contributed by atoms with E-state index in [9.17, 15) is 13.6 Å². The van der Waals surface area contributed by atoms with Gasteiger partial charge in [-0.2, -0.15) is 0 Å². The molecular weight excluding hydrogens is 436 g/mol. The first-order valence-corrected chi connectivity index (χ1v) is 9.12. The van der Waals surface area contributed by atoms with Gasteiger partial charge in [0.1, 0.15) is 11.4 Å². The van der Waals surface area contributed by atoms with Crippen molar-refractivity contribution in [1.82, 2.24) is 20.2 Å². The van der Waals surface area contributed by atoms with Gasteiger partial charge in [-0.25, -0.2) is 18.6 Å². The molecule has 0 aliphatic rings. The fraction of sp³-hybridized carbons (Fsp3) is 0.222. The van der Waals surface area contributed by atoms with Crippen molar-refractivity contribution in [1.29, 1.82) is 0 Å². The fourth-order valence-electron chi connectivity index (χ4n) is 2.48. The molecule has 10 heteroatoms. The fourth-order valence-corrected chi connectivity index (χ4v) is 2.98. The summed E-state index contributed by atoms with van der Waals surface area (Å²) in [6, 6.07) is 2.94. The van der Waals surface area contributed by atoms with Gasteiger partial charge < -0.3 is 25.3 Å². The molecule has 7 nitrogen and oxygen atoms in total. The lowest BCUT2D eigenvalue weighted by Crippen LogP contribution is -2.34. The van der Waals surface area contributed by atoms with E-state index in [2.05, 4.69) is 36.5 Å². The van der Waals surface area contributed by atoms with Crippen molar-refractivity contribution in [2.45, 2.75) is 0 Å². The van der Waals surface area contributed by atoms with Gasteiger partial charge in [0.25, 0.3) is 0 Å². The van der Waals surface area contributed by atoms with Crippen molar-refractivity contribution < 1.29 is 18.3 Å². The van der Waals surface area contributed by atoms with Gasteiger partial charge in [0, 0.05) is 47.8 Å². The highest BCUT2D eigenvalue weighted by Gasteiger charge is 2.17. The standard InChI is InChI=1S/C18H18BrF2N5O2/c1-26(2)6-5-23-18(27)25-10-7-12(20)16(13(21)8-10)28-14-3-4-22-17-15(14)11(19)9-24-17/h3-4,7-9H,5-6H2,1-2H3,(H,22,24)(H2,23,25,27). The Labute approximate surface area is 168 Å². The van der Waals surface area contributed by atoms with E-state index in [-0.39, 0.29) is 11.4 Å². The van der Waals surface area contributed by atoms with Gasteiger partial charge in [0.05, 0.1) is 5.39 Å². The number of hydrogen-bond donors (Lipinski definition) is 3. The molecule has 2 amide bonds. The van der Waals surface area contributed by atoms with Crippen LogP contribution in [0.15, 0.2) is 35.1 Å². The first kappa shape index (κ1) is 20.0. The minimum absolute atomic E-state index is 0.0209. The minimum atomic E-state index is -0.944.